The van der Waals surface area contributed by atoms with E-state index in [0.29, 0.717) is 23.7 Å². The number of carbonyl (C=O) groups is 2. The quantitative estimate of drug-likeness (QED) is 0.751. The van der Waals surface area contributed by atoms with Crippen molar-refractivity contribution < 1.29 is 9.59 Å². The number of nitriles is 1. The average Bonchev–Trinajstić information content (AvgIpc) is 3.26. The highest BCUT2D eigenvalue weighted by Crippen LogP contribution is 2.40. The lowest BCUT2D eigenvalue weighted by Gasteiger charge is -2.28. The van der Waals surface area contributed by atoms with Crippen molar-refractivity contribution >= 4 is 40.5 Å². The van der Waals surface area contributed by atoms with Gasteiger partial charge in [-0.2, -0.15) is 5.26 Å². The van der Waals surface area contributed by atoms with Crippen LogP contribution in [0.25, 0.3) is 0 Å². The molecule has 2 heterocycles. The van der Waals surface area contributed by atoms with Crippen molar-refractivity contribution in [3.05, 3.63) is 53.1 Å². The van der Waals surface area contributed by atoms with Crippen LogP contribution in [0.2, 0.25) is 5.02 Å². The number of hydrogen-bond acceptors (Lipinski definition) is 5. The summed E-state index contributed by atoms with van der Waals surface area (Å²) in [5.74, 6) is -0.219. The fraction of sp³-hybridized carbons (Fsp3) is 0.375. The van der Waals surface area contributed by atoms with Crippen LogP contribution in [-0.4, -0.2) is 55.5 Å². The molecule has 0 aromatic heterocycles. The number of benzene rings is 2. The molecule has 2 amide bonds. The number of fused-ring (bicyclic) bond motifs is 2. The molecule has 1 saturated heterocycles. The molecule has 2 aliphatic rings. The van der Waals surface area contributed by atoms with E-state index in [1.54, 1.807) is 21.9 Å². The summed E-state index contributed by atoms with van der Waals surface area (Å²) in [4.78, 5) is 31.5. The minimum atomic E-state index is -0.338. The maximum absolute atomic E-state index is 13.6. The van der Waals surface area contributed by atoms with Crippen molar-refractivity contribution in [2.24, 2.45) is 0 Å². The molecule has 0 unspecified atom stereocenters. The zero-order valence-corrected chi connectivity index (χ0v) is 19.0. The van der Waals surface area contributed by atoms with E-state index < -0.39 is 0 Å². The number of para-hydroxylation sites is 2. The largest absolute Gasteiger partial charge is 0.342 e. The molecule has 2 aromatic rings. The molecule has 0 saturated carbocycles. The first-order valence-corrected chi connectivity index (χ1v) is 11.1. The normalized spacial score (nSPS) is 18.6. The Morgan fingerprint density at radius 3 is 2.75 bits per heavy atom. The predicted octanol–water partition coefficient (Wildman–Crippen LogP) is 3.56. The molecular formula is C24H26ClN5O2. The Labute approximate surface area is 193 Å². The van der Waals surface area contributed by atoms with E-state index in [-0.39, 0.29) is 30.4 Å². The first-order valence-electron chi connectivity index (χ1n) is 10.8. The lowest BCUT2D eigenvalue weighted by Crippen LogP contribution is -2.47. The third-order valence-corrected chi connectivity index (χ3v) is 6.34. The van der Waals surface area contributed by atoms with Gasteiger partial charge in [0.2, 0.25) is 5.91 Å². The number of nitrogens with one attached hydrogen (secondary N) is 1. The Kier molecular flexibility index (Phi) is 6.35. The molecule has 4 rings (SSSR count). The van der Waals surface area contributed by atoms with Gasteiger partial charge in [0.25, 0.3) is 5.91 Å². The summed E-state index contributed by atoms with van der Waals surface area (Å²) in [7, 11) is 1.93. The number of likely N-dealkylation sites (tertiary alicyclic amines) is 1. The van der Waals surface area contributed by atoms with Gasteiger partial charge in [0.1, 0.15) is 6.04 Å². The highest BCUT2D eigenvalue weighted by molar-refractivity contribution is 6.31. The van der Waals surface area contributed by atoms with E-state index in [1.165, 1.54) is 0 Å². The first-order chi connectivity index (χ1) is 15.4. The van der Waals surface area contributed by atoms with E-state index in [9.17, 15) is 14.9 Å². The highest BCUT2D eigenvalue weighted by atomic mass is 35.5. The molecule has 32 heavy (non-hydrogen) atoms. The lowest BCUT2D eigenvalue weighted by molar-refractivity contribution is -0.130. The van der Waals surface area contributed by atoms with Gasteiger partial charge in [-0.15, -0.1) is 0 Å². The molecule has 2 aliphatic heterocycles. The monoisotopic (exact) mass is 451 g/mol. The number of nitrogens with zero attached hydrogens (tertiary/aromatic N) is 4. The number of anilines is 3. The Hall–Kier alpha value is -3.08. The molecule has 0 aliphatic carbocycles. The summed E-state index contributed by atoms with van der Waals surface area (Å²) >= 11 is 6.21. The third kappa shape index (κ3) is 4.16. The Morgan fingerprint density at radius 1 is 1.25 bits per heavy atom. The first kappa shape index (κ1) is 22.1. The van der Waals surface area contributed by atoms with Gasteiger partial charge in [0, 0.05) is 31.2 Å². The van der Waals surface area contributed by atoms with Crippen LogP contribution in [0.5, 0.6) is 0 Å². The van der Waals surface area contributed by atoms with Crippen LogP contribution in [0.4, 0.5) is 17.1 Å². The Morgan fingerprint density at radius 2 is 2.00 bits per heavy atom. The lowest BCUT2D eigenvalue weighted by atomic mass is 10.1. The maximum atomic E-state index is 13.6. The van der Waals surface area contributed by atoms with Gasteiger partial charge < -0.3 is 20.0 Å². The van der Waals surface area contributed by atoms with E-state index in [1.807, 2.05) is 49.2 Å². The van der Waals surface area contributed by atoms with E-state index in [0.717, 1.165) is 29.9 Å². The summed E-state index contributed by atoms with van der Waals surface area (Å²) in [6.45, 7) is 3.08. The van der Waals surface area contributed by atoms with E-state index in [2.05, 4.69) is 11.4 Å². The van der Waals surface area contributed by atoms with Crippen molar-refractivity contribution in [2.45, 2.75) is 31.8 Å². The molecule has 2 atom stereocenters. The second kappa shape index (κ2) is 9.19. The van der Waals surface area contributed by atoms with Gasteiger partial charge in [0.05, 0.1) is 35.2 Å². The second-order valence-electron chi connectivity index (χ2n) is 8.28. The van der Waals surface area contributed by atoms with Crippen LogP contribution >= 0.6 is 11.6 Å². The number of hydrogen-bond donors (Lipinski definition) is 1. The van der Waals surface area contributed by atoms with Crippen LogP contribution in [0.1, 0.15) is 30.1 Å². The number of halogens is 1. The molecule has 0 spiro atoms. The Balaban J connectivity index is 1.54. The van der Waals surface area contributed by atoms with Gasteiger partial charge in [-0.25, -0.2) is 0 Å². The van der Waals surface area contributed by atoms with Crippen LogP contribution < -0.4 is 15.1 Å². The second-order valence-corrected chi connectivity index (χ2v) is 8.72. The molecular weight excluding hydrogens is 426 g/mol. The predicted molar refractivity (Wildman–Crippen MR) is 125 cm³/mol. The fourth-order valence-corrected chi connectivity index (χ4v) is 4.59. The topological polar surface area (TPSA) is 79.7 Å². The summed E-state index contributed by atoms with van der Waals surface area (Å²) in [5, 5.41) is 13.0. The zero-order valence-electron chi connectivity index (χ0n) is 18.2. The van der Waals surface area contributed by atoms with Gasteiger partial charge in [-0.1, -0.05) is 23.7 Å². The summed E-state index contributed by atoms with van der Waals surface area (Å²) in [5.41, 5.74) is 3.05. The van der Waals surface area contributed by atoms with Crippen molar-refractivity contribution in [1.82, 2.24) is 10.2 Å². The van der Waals surface area contributed by atoms with Crippen LogP contribution in [0, 0.1) is 11.3 Å². The molecule has 2 aromatic carbocycles. The van der Waals surface area contributed by atoms with Gasteiger partial charge in [-0.05, 0) is 50.1 Å². The Bertz CT molecular complexity index is 1080. The smallest absolute Gasteiger partial charge is 0.260 e. The summed E-state index contributed by atoms with van der Waals surface area (Å²) in [6.07, 6.45) is 1.58. The number of rotatable bonds is 5. The van der Waals surface area contributed by atoms with Gasteiger partial charge in [-0.3, -0.25) is 9.59 Å². The van der Waals surface area contributed by atoms with E-state index in [4.69, 9.17) is 11.6 Å². The van der Waals surface area contributed by atoms with Crippen molar-refractivity contribution in [1.29, 1.82) is 5.26 Å². The SMILES string of the molecule is C[C@@H](CN1C(=O)c2cc(Cl)ccc2N(C)c2ccccc21)NCC(=O)N1CCC[C@H]1C#N. The number of carbonyl (C=O) groups excluding carboxylic acids is 2. The molecule has 166 valence electrons. The zero-order chi connectivity index (χ0) is 22.8. The summed E-state index contributed by atoms with van der Waals surface area (Å²) < 4.78 is 0. The van der Waals surface area contributed by atoms with Crippen molar-refractivity contribution in [2.75, 3.05) is 36.5 Å². The average molecular weight is 452 g/mol. The number of amides is 2. The van der Waals surface area contributed by atoms with Crippen molar-refractivity contribution in [3.63, 3.8) is 0 Å². The van der Waals surface area contributed by atoms with Crippen LogP contribution in [-0.2, 0) is 4.79 Å². The van der Waals surface area contributed by atoms with Crippen molar-refractivity contribution in [3.8, 4) is 6.07 Å². The third-order valence-electron chi connectivity index (χ3n) is 6.11. The highest BCUT2D eigenvalue weighted by Gasteiger charge is 2.31. The molecule has 8 heteroatoms. The van der Waals surface area contributed by atoms with Gasteiger partial charge >= 0.3 is 0 Å². The minimum absolute atomic E-state index is 0.0830. The molecule has 7 nitrogen and oxygen atoms in total. The summed E-state index contributed by atoms with van der Waals surface area (Å²) in [6, 6.07) is 14.8. The van der Waals surface area contributed by atoms with Crippen LogP contribution in [0.3, 0.4) is 0 Å². The maximum Gasteiger partial charge on any atom is 0.260 e. The minimum Gasteiger partial charge on any atom is -0.342 e. The molecule has 0 bridgehead atoms. The standard InChI is InChI=1S/C24H26ClN5O2/c1-16(27-14-23(31)29-11-5-6-18(29)13-26)15-30-22-8-4-3-7-21(22)28(2)20-10-9-17(25)12-19(20)24(30)32/h3-4,7-10,12,16,18,27H,5-6,11,14-15H2,1-2H3/t16-,18-/m0/s1. The fourth-order valence-electron chi connectivity index (χ4n) is 4.41. The molecule has 0 radical (unpaired) electrons. The molecule has 1 fully saturated rings. The van der Waals surface area contributed by atoms with Gasteiger partial charge in [0.15, 0.2) is 0 Å². The molecule has 1 N–H and O–H groups in total. The van der Waals surface area contributed by atoms with Crippen LogP contribution in [0.15, 0.2) is 42.5 Å². The van der Waals surface area contributed by atoms with E-state index >= 15 is 0 Å².